The minimum Gasteiger partial charge on any atom is -0.481 e. The van der Waals surface area contributed by atoms with Crippen LogP contribution in [-0.2, 0) is 16.0 Å². The molecule has 5 heteroatoms. The molecule has 1 aliphatic rings. The fourth-order valence-corrected chi connectivity index (χ4v) is 4.17. The van der Waals surface area contributed by atoms with Gasteiger partial charge in [-0.25, -0.2) is 0 Å². The fourth-order valence-electron chi connectivity index (χ4n) is 4.17. The molecule has 1 aliphatic heterocycles. The third-order valence-electron chi connectivity index (χ3n) is 5.73. The topological polar surface area (TPSA) is 58.6 Å². The van der Waals surface area contributed by atoms with Crippen LogP contribution in [0.4, 0.5) is 0 Å². The first kappa shape index (κ1) is 23.6. The van der Waals surface area contributed by atoms with Gasteiger partial charge in [-0.3, -0.25) is 9.59 Å². The van der Waals surface area contributed by atoms with Gasteiger partial charge in [0, 0.05) is 19.5 Å². The third-order valence-corrected chi connectivity index (χ3v) is 5.73. The Kier molecular flexibility index (Phi) is 8.09. The van der Waals surface area contributed by atoms with E-state index in [9.17, 15) is 9.59 Å². The average molecular weight is 435 g/mol. The highest BCUT2D eigenvalue weighted by Gasteiger charge is 2.32. The van der Waals surface area contributed by atoms with Crippen molar-refractivity contribution >= 4 is 11.8 Å². The van der Waals surface area contributed by atoms with Crippen LogP contribution in [0.1, 0.15) is 56.3 Å². The zero-order valence-electron chi connectivity index (χ0n) is 19.3. The Morgan fingerprint density at radius 1 is 1.22 bits per heavy atom. The monoisotopic (exact) mass is 434 g/mol. The van der Waals surface area contributed by atoms with Crippen LogP contribution >= 0.6 is 0 Å². The van der Waals surface area contributed by atoms with Gasteiger partial charge >= 0.3 is 0 Å². The van der Waals surface area contributed by atoms with Crippen molar-refractivity contribution in [1.29, 1.82) is 0 Å². The minimum atomic E-state index is -0.578. The first-order chi connectivity index (χ1) is 15.4. The quantitative estimate of drug-likeness (QED) is 0.584. The van der Waals surface area contributed by atoms with Gasteiger partial charge in [-0.15, -0.1) is 6.58 Å². The highest BCUT2D eigenvalue weighted by molar-refractivity contribution is 5.81. The fraction of sp³-hybridized carbons (Fsp3) is 0.407. The van der Waals surface area contributed by atoms with Crippen LogP contribution in [0, 0.1) is 5.92 Å². The Morgan fingerprint density at radius 2 is 1.97 bits per heavy atom. The van der Waals surface area contributed by atoms with Crippen LogP contribution in [0.2, 0.25) is 0 Å². The lowest BCUT2D eigenvalue weighted by Crippen LogP contribution is -2.41. The smallest absolute Gasteiger partial charge is 0.261 e. The van der Waals surface area contributed by atoms with Gasteiger partial charge in [0.25, 0.3) is 5.91 Å². The van der Waals surface area contributed by atoms with Gasteiger partial charge in [0.05, 0.1) is 6.04 Å². The average Bonchev–Trinajstić information content (AvgIpc) is 2.80. The summed E-state index contributed by atoms with van der Waals surface area (Å²) in [5.41, 5.74) is 3.36. The van der Waals surface area contributed by atoms with E-state index in [-0.39, 0.29) is 17.9 Å². The van der Waals surface area contributed by atoms with Crippen LogP contribution < -0.4 is 10.1 Å². The van der Waals surface area contributed by atoms with Gasteiger partial charge < -0.3 is 15.0 Å². The predicted molar refractivity (Wildman–Crippen MR) is 128 cm³/mol. The zero-order valence-corrected chi connectivity index (χ0v) is 19.3. The van der Waals surface area contributed by atoms with Crippen LogP contribution in [0.5, 0.6) is 5.75 Å². The van der Waals surface area contributed by atoms with Crippen LogP contribution in [0.3, 0.4) is 0 Å². The summed E-state index contributed by atoms with van der Waals surface area (Å²) in [6, 6.07) is 16.0. The summed E-state index contributed by atoms with van der Waals surface area (Å²) in [5.74, 6) is 0.956. The second-order valence-corrected chi connectivity index (χ2v) is 8.66. The molecule has 170 valence electrons. The number of hydrogen-bond donors (Lipinski definition) is 1. The van der Waals surface area contributed by atoms with E-state index in [1.807, 2.05) is 42.2 Å². The molecule has 0 saturated carbocycles. The lowest BCUT2D eigenvalue weighted by atomic mass is 9.87. The molecule has 5 nitrogen and oxygen atoms in total. The lowest BCUT2D eigenvalue weighted by Gasteiger charge is -2.38. The molecule has 2 aromatic rings. The molecule has 1 N–H and O–H groups in total. The maximum absolute atomic E-state index is 13.1. The molecular formula is C27H34N2O3. The maximum Gasteiger partial charge on any atom is 0.261 e. The number of carbonyl (C=O) groups excluding carboxylic acids is 2. The third kappa shape index (κ3) is 5.58. The molecule has 0 spiro atoms. The van der Waals surface area contributed by atoms with E-state index in [1.165, 1.54) is 5.56 Å². The van der Waals surface area contributed by atoms with Crippen molar-refractivity contribution in [2.75, 3.05) is 13.1 Å². The van der Waals surface area contributed by atoms with E-state index >= 15 is 0 Å². The molecule has 2 unspecified atom stereocenters. The Labute approximate surface area is 191 Å². The van der Waals surface area contributed by atoms with Crippen molar-refractivity contribution in [2.24, 2.45) is 5.92 Å². The summed E-state index contributed by atoms with van der Waals surface area (Å²) < 4.78 is 6.08. The van der Waals surface area contributed by atoms with E-state index in [0.29, 0.717) is 37.6 Å². The van der Waals surface area contributed by atoms with Crippen LogP contribution in [-0.4, -0.2) is 35.9 Å². The van der Waals surface area contributed by atoms with Crippen LogP contribution in [0.15, 0.2) is 61.2 Å². The SMILES string of the molecule is C=CCNC(=O)C(CC)Oc1ccc2c(c1)C(c1ccccc1)N(C(=O)CC(C)C)CC2. The standard InChI is InChI=1S/C27H34N2O3/c1-5-15-28-27(31)24(6-2)32-22-13-12-20-14-16-29(25(30)17-19(3)4)26(23(20)18-22)21-10-8-7-9-11-21/h5,7-13,18-19,24,26H,1,6,14-17H2,2-4H3,(H,28,31). The second-order valence-electron chi connectivity index (χ2n) is 8.66. The summed E-state index contributed by atoms with van der Waals surface area (Å²) in [7, 11) is 0. The van der Waals surface area contributed by atoms with Gasteiger partial charge in [0.15, 0.2) is 6.10 Å². The summed E-state index contributed by atoms with van der Waals surface area (Å²) in [4.78, 5) is 27.5. The van der Waals surface area contributed by atoms with E-state index < -0.39 is 6.10 Å². The van der Waals surface area contributed by atoms with Gasteiger partial charge in [0.1, 0.15) is 5.75 Å². The van der Waals surface area contributed by atoms with Crippen molar-refractivity contribution in [3.05, 3.63) is 77.9 Å². The number of ether oxygens (including phenoxy) is 1. The van der Waals surface area contributed by atoms with Gasteiger partial charge in [-0.2, -0.15) is 0 Å². The molecule has 0 saturated heterocycles. The van der Waals surface area contributed by atoms with E-state index in [2.05, 4.69) is 43.9 Å². The number of fused-ring (bicyclic) bond motifs is 1. The highest BCUT2D eigenvalue weighted by atomic mass is 16.5. The van der Waals surface area contributed by atoms with E-state index in [0.717, 1.165) is 17.5 Å². The molecule has 0 aliphatic carbocycles. The Hall–Kier alpha value is -3.08. The normalized spacial score (nSPS) is 16.2. The molecule has 32 heavy (non-hydrogen) atoms. The number of rotatable bonds is 9. The zero-order chi connectivity index (χ0) is 23.1. The van der Waals surface area contributed by atoms with Gasteiger partial charge in [-0.05, 0) is 47.6 Å². The first-order valence-electron chi connectivity index (χ1n) is 11.5. The summed E-state index contributed by atoms with van der Waals surface area (Å²) in [5, 5.41) is 2.81. The summed E-state index contributed by atoms with van der Waals surface area (Å²) in [6.07, 6.45) is 2.96. The summed E-state index contributed by atoms with van der Waals surface area (Å²) in [6.45, 7) is 10.8. The van der Waals surface area contributed by atoms with E-state index in [4.69, 9.17) is 4.74 Å². The van der Waals surface area contributed by atoms with Crippen molar-refractivity contribution in [1.82, 2.24) is 10.2 Å². The number of benzene rings is 2. The molecule has 2 aromatic carbocycles. The lowest BCUT2D eigenvalue weighted by molar-refractivity contribution is -0.134. The molecule has 0 radical (unpaired) electrons. The number of amides is 2. The predicted octanol–water partition coefficient (Wildman–Crippen LogP) is 4.67. The molecule has 2 atom stereocenters. The molecular weight excluding hydrogens is 400 g/mol. The van der Waals surface area contributed by atoms with Crippen LogP contribution in [0.25, 0.3) is 0 Å². The Balaban J connectivity index is 1.94. The van der Waals surface area contributed by atoms with E-state index in [1.54, 1.807) is 6.08 Å². The number of nitrogens with zero attached hydrogens (tertiary/aromatic N) is 1. The van der Waals surface area contributed by atoms with Gasteiger partial charge in [-0.1, -0.05) is 63.2 Å². The molecule has 0 fully saturated rings. The van der Waals surface area contributed by atoms with Crippen molar-refractivity contribution in [2.45, 2.75) is 52.2 Å². The number of nitrogens with one attached hydrogen (secondary N) is 1. The van der Waals surface area contributed by atoms with Crippen molar-refractivity contribution in [3.8, 4) is 5.75 Å². The first-order valence-corrected chi connectivity index (χ1v) is 11.5. The van der Waals surface area contributed by atoms with Crippen molar-refractivity contribution in [3.63, 3.8) is 0 Å². The minimum absolute atomic E-state index is 0.154. The second kappa shape index (κ2) is 11.0. The van der Waals surface area contributed by atoms with Gasteiger partial charge in [0.2, 0.25) is 5.91 Å². The molecule has 2 amide bonds. The molecule has 0 aromatic heterocycles. The number of carbonyl (C=O) groups is 2. The molecule has 3 rings (SSSR count). The highest BCUT2D eigenvalue weighted by Crippen LogP contribution is 2.38. The summed E-state index contributed by atoms with van der Waals surface area (Å²) >= 11 is 0. The molecule has 0 bridgehead atoms. The number of hydrogen-bond acceptors (Lipinski definition) is 3. The maximum atomic E-state index is 13.1. The Bertz CT molecular complexity index is 939. The molecule has 1 heterocycles. The Morgan fingerprint density at radius 3 is 2.62 bits per heavy atom. The largest absolute Gasteiger partial charge is 0.481 e. The van der Waals surface area contributed by atoms with Crippen molar-refractivity contribution < 1.29 is 14.3 Å².